The zero-order valence-corrected chi connectivity index (χ0v) is 12.3. The van der Waals surface area contributed by atoms with Crippen molar-refractivity contribution in [3.63, 3.8) is 0 Å². The number of carbonyl (C=O) groups excluding carboxylic acids is 1. The zero-order valence-electron chi connectivity index (χ0n) is 9.10. The highest BCUT2D eigenvalue weighted by molar-refractivity contribution is 9.10. The Morgan fingerprint density at radius 1 is 1.47 bits per heavy atom. The Kier molecular flexibility index (Phi) is 4.31. The molecule has 0 spiro atoms. The van der Waals surface area contributed by atoms with Crippen LogP contribution in [0.25, 0.3) is 10.6 Å². The van der Waals surface area contributed by atoms with Gasteiger partial charge in [-0.1, -0.05) is 0 Å². The molecule has 0 aliphatic rings. The Labute approximate surface area is 116 Å². The van der Waals surface area contributed by atoms with Gasteiger partial charge in [0.15, 0.2) is 0 Å². The van der Waals surface area contributed by atoms with Gasteiger partial charge in [-0.2, -0.15) is 0 Å². The van der Waals surface area contributed by atoms with Crippen molar-refractivity contribution in [2.45, 2.75) is 13.3 Å². The number of thiazole rings is 1. The normalized spacial score (nSPS) is 10.5. The Balaban J connectivity index is 2.08. The summed E-state index contributed by atoms with van der Waals surface area (Å²) in [6.07, 6.45) is 0.255. The van der Waals surface area contributed by atoms with Crippen molar-refractivity contribution in [1.82, 2.24) is 4.98 Å². The minimum atomic E-state index is -0.222. The number of ether oxygens (including phenoxy) is 1. The molecule has 0 N–H and O–H groups in total. The molecule has 6 heteroatoms. The average Bonchev–Trinajstić information content (AvgIpc) is 2.87. The van der Waals surface area contributed by atoms with Gasteiger partial charge in [0.25, 0.3) is 0 Å². The monoisotopic (exact) mass is 331 g/mol. The lowest BCUT2D eigenvalue weighted by molar-refractivity contribution is -0.142. The third-order valence-corrected chi connectivity index (χ3v) is 4.53. The SMILES string of the molecule is CCOC(=O)Cc1nc(-c2cc(Br)cs2)cs1. The van der Waals surface area contributed by atoms with Crippen molar-refractivity contribution in [1.29, 1.82) is 0 Å². The molecular formula is C11H10BrNO2S2. The predicted octanol–water partition coefficient (Wildman–Crippen LogP) is 3.74. The van der Waals surface area contributed by atoms with E-state index in [0.717, 1.165) is 20.1 Å². The third-order valence-electron chi connectivity index (χ3n) is 1.97. The number of nitrogens with zero attached hydrogens (tertiary/aromatic N) is 1. The van der Waals surface area contributed by atoms with Gasteiger partial charge < -0.3 is 4.74 Å². The van der Waals surface area contributed by atoms with E-state index in [9.17, 15) is 4.79 Å². The molecule has 0 bridgehead atoms. The molecule has 2 aromatic heterocycles. The topological polar surface area (TPSA) is 39.2 Å². The fourth-order valence-electron chi connectivity index (χ4n) is 1.29. The van der Waals surface area contributed by atoms with Crippen molar-refractivity contribution < 1.29 is 9.53 Å². The van der Waals surface area contributed by atoms with Gasteiger partial charge in [0.1, 0.15) is 5.01 Å². The van der Waals surface area contributed by atoms with Crippen LogP contribution in [0.5, 0.6) is 0 Å². The predicted molar refractivity (Wildman–Crippen MR) is 73.5 cm³/mol. The number of thiophene rings is 1. The van der Waals surface area contributed by atoms with Gasteiger partial charge in [-0.3, -0.25) is 4.79 Å². The van der Waals surface area contributed by atoms with Crippen molar-refractivity contribution >= 4 is 44.6 Å². The van der Waals surface area contributed by atoms with E-state index < -0.39 is 0 Å². The average molecular weight is 332 g/mol. The molecular weight excluding hydrogens is 322 g/mol. The first kappa shape index (κ1) is 12.7. The summed E-state index contributed by atoms with van der Waals surface area (Å²) in [4.78, 5) is 16.8. The molecule has 90 valence electrons. The number of carbonyl (C=O) groups is 1. The van der Waals surface area contributed by atoms with Gasteiger partial charge in [-0.15, -0.1) is 22.7 Å². The quantitative estimate of drug-likeness (QED) is 0.801. The molecule has 0 saturated heterocycles. The van der Waals surface area contributed by atoms with Crippen molar-refractivity contribution in [2.75, 3.05) is 6.61 Å². The van der Waals surface area contributed by atoms with Gasteiger partial charge in [-0.25, -0.2) is 4.98 Å². The summed E-state index contributed by atoms with van der Waals surface area (Å²) in [7, 11) is 0. The van der Waals surface area contributed by atoms with Crippen molar-refractivity contribution in [3.05, 3.63) is 26.3 Å². The minimum Gasteiger partial charge on any atom is -0.466 e. The molecule has 0 atom stereocenters. The van der Waals surface area contributed by atoms with Crippen LogP contribution in [-0.4, -0.2) is 17.6 Å². The van der Waals surface area contributed by atoms with Gasteiger partial charge in [0, 0.05) is 15.2 Å². The van der Waals surface area contributed by atoms with Gasteiger partial charge >= 0.3 is 5.97 Å². The fourth-order valence-corrected chi connectivity index (χ4v) is 3.53. The molecule has 0 radical (unpaired) electrons. The summed E-state index contributed by atoms with van der Waals surface area (Å²) in [6.45, 7) is 2.21. The number of hydrogen-bond donors (Lipinski definition) is 0. The molecule has 0 unspecified atom stereocenters. The van der Waals surface area contributed by atoms with Crippen LogP contribution in [0.2, 0.25) is 0 Å². The smallest absolute Gasteiger partial charge is 0.312 e. The van der Waals surface area contributed by atoms with Crippen LogP contribution in [0.15, 0.2) is 21.3 Å². The molecule has 2 heterocycles. The van der Waals surface area contributed by atoms with E-state index >= 15 is 0 Å². The Bertz CT molecular complexity index is 521. The first-order chi connectivity index (χ1) is 8.19. The molecule has 17 heavy (non-hydrogen) atoms. The van der Waals surface area contributed by atoms with E-state index in [1.807, 2.05) is 16.8 Å². The van der Waals surface area contributed by atoms with Crippen molar-refractivity contribution in [3.8, 4) is 10.6 Å². The van der Waals surface area contributed by atoms with Gasteiger partial charge in [0.2, 0.25) is 0 Å². The van der Waals surface area contributed by atoms with Crippen LogP contribution >= 0.6 is 38.6 Å². The molecule has 0 fully saturated rings. The van der Waals surface area contributed by atoms with Gasteiger partial charge in [-0.05, 0) is 28.9 Å². The van der Waals surface area contributed by atoms with Crippen LogP contribution in [-0.2, 0) is 16.0 Å². The number of aromatic nitrogens is 1. The van der Waals surface area contributed by atoms with E-state index in [2.05, 4.69) is 20.9 Å². The summed E-state index contributed by atoms with van der Waals surface area (Å²) in [5, 5.41) is 4.77. The maximum Gasteiger partial charge on any atom is 0.312 e. The van der Waals surface area contributed by atoms with Crippen molar-refractivity contribution in [2.24, 2.45) is 0 Å². The van der Waals surface area contributed by atoms with Crippen LogP contribution in [0.3, 0.4) is 0 Å². The molecule has 0 aliphatic heterocycles. The largest absolute Gasteiger partial charge is 0.466 e. The molecule has 0 aliphatic carbocycles. The minimum absolute atomic E-state index is 0.222. The summed E-state index contributed by atoms with van der Waals surface area (Å²) >= 11 is 6.52. The highest BCUT2D eigenvalue weighted by atomic mass is 79.9. The van der Waals surface area contributed by atoms with E-state index in [1.165, 1.54) is 11.3 Å². The second-order valence-electron chi connectivity index (χ2n) is 3.24. The van der Waals surface area contributed by atoms with Crippen LogP contribution in [0.1, 0.15) is 11.9 Å². The molecule has 0 amide bonds. The Morgan fingerprint density at radius 3 is 2.94 bits per heavy atom. The number of halogens is 1. The number of esters is 1. The summed E-state index contributed by atoms with van der Waals surface area (Å²) in [6, 6.07) is 2.02. The zero-order chi connectivity index (χ0) is 12.3. The highest BCUT2D eigenvalue weighted by Gasteiger charge is 2.10. The highest BCUT2D eigenvalue weighted by Crippen LogP contribution is 2.30. The molecule has 0 saturated carbocycles. The number of rotatable bonds is 4. The van der Waals surface area contributed by atoms with Crippen LogP contribution in [0, 0.1) is 0 Å². The first-order valence-corrected chi connectivity index (χ1v) is 7.58. The van der Waals surface area contributed by atoms with E-state index in [-0.39, 0.29) is 12.4 Å². The maximum atomic E-state index is 11.3. The first-order valence-electron chi connectivity index (χ1n) is 5.03. The lowest BCUT2D eigenvalue weighted by atomic mass is 10.4. The summed E-state index contributed by atoms with van der Waals surface area (Å²) in [5.41, 5.74) is 0.921. The van der Waals surface area contributed by atoms with Crippen LogP contribution < -0.4 is 0 Å². The Hall–Kier alpha value is -0.720. The summed E-state index contributed by atoms with van der Waals surface area (Å²) < 4.78 is 5.94. The third kappa shape index (κ3) is 3.37. The standard InChI is InChI=1S/C11H10BrNO2S2/c1-2-15-11(14)4-10-13-8(6-17-10)9-3-7(12)5-16-9/h3,5-6H,2,4H2,1H3. The summed E-state index contributed by atoms with van der Waals surface area (Å²) in [5.74, 6) is -0.222. The van der Waals surface area contributed by atoms with E-state index in [4.69, 9.17) is 4.74 Å². The maximum absolute atomic E-state index is 11.3. The van der Waals surface area contributed by atoms with E-state index in [1.54, 1.807) is 18.3 Å². The second-order valence-corrected chi connectivity index (χ2v) is 6.01. The van der Waals surface area contributed by atoms with E-state index in [0.29, 0.717) is 6.61 Å². The number of hydrogen-bond acceptors (Lipinski definition) is 5. The molecule has 3 nitrogen and oxygen atoms in total. The van der Waals surface area contributed by atoms with Gasteiger partial charge in [0.05, 0.1) is 23.6 Å². The fraction of sp³-hybridized carbons (Fsp3) is 0.273. The van der Waals surface area contributed by atoms with Crippen LogP contribution in [0.4, 0.5) is 0 Å². The second kappa shape index (κ2) is 5.75. The Morgan fingerprint density at radius 2 is 2.29 bits per heavy atom. The molecule has 0 aromatic carbocycles. The molecule has 2 rings (SSSR count). The lowest BCUT2D eigenvalue weighted by Crippen LogP contribution is -2.07. The molecule has 2 aromatic rings. The lowest BCUT2D eigenvalue weighted by Gasteiger charge is -1.97.